The van der Waals surface area contributed by atoms with Crippen molar-refractivity contribution in [3.05, 3.63) is 0 Å². The molecule has 6 nitrogen and oxygen atoms in total. The molecule has 1 aliphatic heterocycles. The number of aliphatic hydroxyl groups is 1. The van der Waals surface area contributed by atoms with Crippen LogP contribution in [0, 0.1) is 5.92 Å². The van der Waals surface area contributed by atoms with Crippen LogP contribution in [0.4, 0.5) is 4.79 Å². The van der Waals surface area contributed by atoms with Gasteiger partial charge in [-0.25, -0.2) is 4.79 Å². The maximum atomic E-state index is 12.7. The van der Waals surface area contributed by atoms with Gasteiger partial charge in [0.2, 0.25) is 5.91 Å². The SMILES string of the molecule is CC(C)(C)OC(=O)N[C@H]1CCCCCC[C@@H]1C(=O)N1CC(O)C1. The Morgan fingerprint density at radius 2 is 1.70 bits per heavy atom. The summed E-state index contributed by atoms with van der Waals surface area (Å²) in [4.78, 5) is 26.5. The van der Waals surface area contributed by atoms with Crippen LogP contribution in [0.25, 0.3) is 0 Å². The molecule has 0 bridgehead atoms. The van der Waals surface area contributed by atoms with Gasteiger partial charge in [-0.2, -0.15) is 0 Å². The Morgan fingerprint density at radius 3 is 2.26 bits per heavy atom. The lowest BCUT2D eigenvalue weighted by molar-refractivity contribution is -0.147. The van der Waals surface area contributed by atoms with Crippen molar-refractivity contribution >= 4 is 12.0 Å². The number of carbonyl (C=O) groups excluding carboxylic acids is 2. The summed E-state index contributed by atoms with van der Waals surface area (Å²) in [6, 6.07) is -0.185. The number of nitrogens with zero attached hydrogens (tertiary/aromatic N) is 1. The third kappa shape index (κ3) is 5.37. The second-order valence-electron chi connectivity index (χ2n) is 7.75. The summed E-state index contributed by atoms with van der Waals surface area (Å²) < 4.78 is 5.34. The van der Waals surface area contributed by atoms with Crippen molar-refractivity contribution in [2.45, 2.75) is 77.0 Å². The van der Waals surface area contributed by atoms with Crippen molar-refractivity contribution in [3.8, 4) is 0 Å². The van der Waals surface area contributed by atoms with E-state index in [1.807, 2.05) is 20.8 Å². The second-order valence-corrected chi connectivity index (χ2v) is 7.75. The highest BCUT2D eigenvalue weighted by Crippen LogP contribution is 2.26. The van der Waals surface area contributed by atoms with E-state index in [1.54, 1.807) is 4.90 Å². The summed E-state index contributed by atoms with van der Waals surface area (Å²) in [5, 5.41) is 12.3. The van der Waals surface area contributed by atoms with Crippen molar-refractivity contribution in [2.24, 2.45) is 5.92 Å². The lowest BCUT2D eigenvalue weighted by atomic mass is 9.85. The molecule has 0 aromatic rings. The predicted molar refractivity (Wildman–Crippen MR) is 86.9 cm³/mol. The number of ether oxygens (including phenoxy) is 1. The van der Waals surface area contributed by atoms with Crippen molar-refractivity contribution in [1.29, 1.82) is 0 Å². The topological polar surface area (TPSA) is 78.9 Å². The molecule has 0 aromatic heterocycles. The highest BCUT2D eigenvalue weighted by molar-refractivity contribution is 5.81. The molecule has 2 N–H and O–H groups in total. The van der Waals surface area contributed by atoms with E-state index in [4.69, 9.17) is 4.74 Å². The third-order valence-corrected chi connectivity index (χ3v) is 4.46. The van der Waals surface area contributed by atoms with Gasteiger partial charge in [0.05, 0.1) is 12.0 Å². The van der Waals surface area contributed by atoms with Crippen LogP contribution >= 0.6 is 0 Å². The van der Waals surface area contributed by atoms with Crippen LogP contribution in [-0.2, 0) is 9.53 Å². The van der Waals surface area contributed by atoms with Crippen molar-refractivity contribution in [3.63, 3.8) is 0 Å². The highest BCUT2D eigenvalue weighted by atomic mass is 16.6. The summed E-state index contributed by atoms with van der Waals surface area (Å²) in [6.07, 6.45) is 5.00. The molecule has 1 aliphatic carbocycles. The van der Waals surface area contributed by atoms with Gasteiger partial charge in [-0.1, -0.05) is 25.7 Å². The maximum Gasteiger partial charge on any atom is 0.407 e. The summed E-state index contributed by atoms with van der Waals surface area (Å²) in [5.74, 6) is -0.159. The Labute approximate surface area is 138 Å². The number of alkyl carbamates (subject to hydrolysis) is 1. The highest BCUT2D eigenvalue weighted by Gasteiger charge is 2.38. The average Bonchev–Trinajstić information content (AvgIpc) is 2.36. The van der Waals surface area contributed by atoms with Gasteiger partial charge in [-0.05, 0) is 33.6 Å². The molecule has 2 atom stereocenters. The number of aliphatic hydroxyl groups excluding tert-OH is 1. The summed E-state index contributed by atoms with van der Waals surface area (Å²) >= 11 is 0. The molecule has 6 heteroatoms. The molecule has 2 fully saturated rings. The van der Waals surface area contributed by atoms with Crippen LogP contribution in [0.5, 0.6) is 0 Å². The maximum absolute atomic E-state index is 12.7. The second kappa shape index (κ2) is 7.51. The molecule has 1 saturated carbocycles. The molecule has 23 heavy (non-hydrogen) atoms. The standard InChI is InChI=1S/C17H30N2O4/c1-17(2,3)23-16(22)18-14-9-7-5-4-6-8-13(14)15(21)19-10-12(20)11-19/h12-14,20H,4-11H2,1-3H3,(H,18,22)/t13-,14-/m0/s1. The van der Waals surface area contributed by atoms with Gasteiger partial charge in [-0.15, -0.1) is 0 Å². The van der Waals surface area contributed by atoms with Crippen LogP contribution in [0.3, 0.4) is 0 Å². The van der Waals surface area contributed by atoms with Gasteiger partial charge >= 0.3 is 6.09 Å². The zero-order valence-corrected chi connectivity index (χ0v) is 14.5. The first kappa shape index (κ1) is 18.0. The van der Waals surface area contributed by atoms with Crippen molar-refractivity contribution < 1.29 is 19.4 Å². The van der Waals surface area contributed by atoms with Gasteiger partial charge in [0.15, 0.2) is 0 Å². The molecule has 0 aromatic carbocycles. The van der Waals surface area contributed by atoms with Crippen LogP contribution in [-0.4, -0.2) is 52.8 Å². The van der Waals surface area contributed by atoms with Crippen LogP contribution < -0.4 is 5.32 Å². The molecule has 1 saturated heterocycles. The zero-order valence-electron chi connectivity index (χ0n) is 14.5. The lowest BCUT2D eigenvalue weighted by Gasteiger charge is -2.40. The Balaban J connectivity index is 2.01. The van der Waals surface area contributed by atoms with Crippen LogP contribution in [0.2, 0.25) is 0 Å². The number of likely N-dealkylation sites (tertiary alicyclic amines) is 1. The number of amides is 2. The first-order chi connectivity index (χ1) is 10.8. The van der Waals surface area contributed by atoms with Crippen LogP contribution in [0.1, 0.15) is 59.3 Å². The Morgan fingerprint density at radius 1 is 1.09 bits per heavy atom. The molecule has 0 spiro atoms. The van der Waals surface area contributed by atoms with E-state index >= 15 is 0 Å². The quantitative estimate of drug-likeness (QED) is 0.814. The van der Waals surface area contributed by atoms with Crippen LogP contribution in [0.15, 0.2) is 0 Å². The molecule has 2 amide bonds. The largest absolute Gasteiger partial charge is 0.444 e. The number of hydrogen-bond donors (Lipinski definition) is 2. The molecule has 132 valence electrons. The van der Waals surface area contributed by atoms with E-state index < -0.39 is 17.8 Å². The molecular formula is C17H30N2O4. The molecule has 2 rings (SSSR count). The normalized spacial score (nSPS) is 26.7. The van der Waals surface area contributed by atoms with E-state index in [1.165, 1.54) is 0 Å². The predicted octanol–water partition coefficient (Wildman–Crippen LogP) is 2.05. The number of nitrogens with one attached hydrogen (secondary N) is 1. The summed E-state index contributed by atoms with van der Waals surface area (Å²) in [7, 11) is 0. The molecule has 2 aliphatic rings. The Bertz CT molecular complexity index is 427. The molecule has 1 heterocycles. The molecular weight excluding hydrogens is 296 g/mol. The third-order valence-electron chi connectivity index (χ3n) is 4.46. The van der Waals surface area contributed by atoms with E-state index in [0.717, 1.165) is 38.5 Å². The fourth-order valence-electron chi connectivity index (χ4n) is 3.28. The lowest BCUT2D eigenvalue weighted by Crippen LogP contribution is -2.58. The number of hydrogen-bond acceptors (Lipinski definition) is 4. The number of carbonyl (C=O) groups is 2. The van der Waals surface area contributed by atoms with E-state index in [0.29, 0.717) is 13.1 Å². The monoisotopic (exact) mass is 326 g/mol. The smallest absolute Gasteiger partial charge is 0.407 e. The first-order valence-electron chi connectivity index (χ1n) is 8.72. The fraction of sp³-hybridized carbons (Fsp3) is 0.882. The first-order valence-corrected chi connectivity index (χ1v) is 8.72. The van der Waals surface area contributed by atoms with Crippen molar-refractivity contribution in [2.75, 3.05) is 13.1 Å². The Kier molecular flexibility index (Phi) is 5.89. The minimum absolute atomic E-state index is 0.0539. The van der Waals surface area contributed by atoms with Gasteiger partial charge in [0, 0.05) is 19.1 Å². The van der Waals surface area contributed by atoms with Gasteiger partial charge in [0.1, 0.15) is 5.60 Å². The van der Waals surface area contributed by atoms with E-state index in [9.17, 15) is 14.7 Å². The molecule has 0 radical (unpaired) electrons. The average molecular weight is 326 g/mol. The van der Waals surface area contributed by atoms with Gasteiger partial charge in [-0.3, -0.25) is 4.79 Å². The minimum atomic E-state index is -0.549. The van der Waals surface area contributed by atoms with Gasteiger partial charge < -0.3 is 20.1 Å². The Hall–Kier alpha value is -1.30. The summed E-state index contributed by atoms with van der Waals surface area (Å²) in [6.45, 7) is 6.31. The van der Waals surface area contributed by atoms with Gasteiger partial charge in [0.25, 0.3) is 0 Å². The van der Waals surface area contributed by atoms with E-state index in [-0.39, 0.29) is 17.9 Å². The number of β-amino-alcohol motifs (C(OH)–C–C–N with tert-alkyl or cyclic N) is 1. The molecule has 0 unspecified atom stereocenters. The fourth-order valence-corrected chi connectivity index (χ4v) is 3.28. The number of rotatable bonds is 2. The minimum Gasteiger partial charge on any atom is -0.444 e. The van der Waals surface area contributed by atoms with Crippen molar-refractivity contribution in [1.82, 2.24) is 10.2 Å². The summed E-state index contributed by atoms with van der Waals surface area (Å²) in [5.41, 5.74) is -0.549. The zero-order chi connectivity index (χ0) is 17.0. The van der Waals surface area contributed by atoms with E-state index in [2.05, 4.69) is 5.32 Å².